The van der Waals surface area contributed by atoms with Crippen molar-refractivity contribution in [3.8, 4) is 5.88 Å². The molecule has 12 heteroatoms. The monoisotopic (exact) mass is 468 g/mol. The van der Waals surface area contributed by atoms with Crippen LogP contribution in [0.2, 0.25) is 0 Å². The number of carbonyl (C=O) groups is 1. The van der Waals surface area contributed by atoms with Crippen LogP contribution in [0.3, 0.4) is 0 Å². The smallest absolute Gasteiger partial charge is 0.422 e. The van der Waals surface area contributed by atoms with Crippen molar-refractivity contribution in [3.05, 3.63) is 52.1 Å². The molecule has 0 radical (unpaired) electrons. The SMILES string of the molecule is CC(=O)NCCN(Cc1ccsc1)c1nnc(C)n1Cc1ccc(OCC(F)(F)F)nc1. The van der Waals surface area contributed by atoms with Crippen molar-refractivity contribution in [2.75, 3.05) is 24.6 Å². The molecular weight excluding hydrogens is 445 g/mol. The van der Waals surface area contributed by atoms with Crippen LogP contribution in [0.1, 0.15) is 23.9 Å². The Morgan fingerprint density at radius 1 is 1.25 bits per heavy atom. The highest BCUT2D eigenvalue weighted by atomic mass is 32.1. The summed E-state index contributed by atoms with van der Waals surface area (Å²) >= 11 is 1.59. The van der Waals surface area contributed by atoms with Gasteiger partial charge >= 0.3 is 6.18 Å². The van der Waals surface area contributed by atoms with Crippen LogP contribution in [-0.4, -0.2) is 51.5 Å². The second-order valence-electron chi connectivity index (χ2n) is 7.08. The Balaban J connectivity index is 1.75. The number of rotatable bonds is 10. The maximum atomic E-state index is 12.3. The molecule has 0 aliphatic carbocycles. The predicted molar refractivity (Wildman–Crippen MR) is 114 cm³/mol. The lowest BCUT2D eigenvalue weighted by Gasteiger charge is -2.24. The zero-order valence-electron chi connectivity index (χ0n) is 17.6. The van der Waals surface area contributed by atoms with Crippen LogP contribution in [0.25, 0.3) is 0 Å². The summed E-state index contributed by atoms with van der Waals surface area (Å²) in [5.74, 6) is 1.09. The highest BCUT2D eigenvalue weighted by molar-refractivity contribution is 7.07. The Kier molecular flexibility index (Phi) is 7.67. The molecule has 3 rings (SSSR count). The molecule has 3 aromatic heterocycles. The third-order valence-corrected chi connectivity index (χ3v) is 5.16. The number of pyridine rings is 1. The third-order valence-electron chi connectivity index (χ3n) is 4.43. The summed E-state index contributed by atoms with van der Waals surface area (Å²) in [6, 6.07) is 5.08. The maximum Gasteiger partial charge on any atom is 0.422 e. The van der Waals surface area contributed by atoms with E-state index in [2.05, 4.69) is 25.2 Å². The number of nitrogens with zero attached hydrogens (tertiary/aromatic N) is 5. The number of aryl methyl sites for hydroxylation is 1. The summed E-state index contributed by atoms with van der Waals surface area (Å²) in [6.45, 7) is 3.82. The van der Waals surface area contributed by atoms with E-state index in [1.807, 2.05) is 33.2 Å². The summed E-state index contributed by atoms with van der Waals surface area (Å²) in [7, 11) is 0. The Morgan fingerprint density at radius 2 is 2.06 bits per heavy atom. The number of alkyl halides is 3. The summed E-state index contributed by atoms with van der Waals surface area (Å²) in [6.07, 6.45) is -2.95. The average Bonchev–Trinajstić information content (AvgIpc) is 3.36. The van der Waals surface area contributed by atoms with E-state index >= 15 is 0 Å². The van der Waals surface area contributed by atoms with Crippen molar-refractivity contribution >= 4 is 23.2 Å². The van der Waals surface area contributed by atoms with Crippen molar-refractivity contribution in [1.29, 1.82) is 0 Å². The number of anilines is 1. The first kappa shape index (κ1) is 23.5. The van der Waals surface area contributed by atoms with Gasteiger partial charge in [0.15, 0.2) is 6.61 Å². The Hall–Kier alpha value is -3.15. The minimum absolute atomic E-state index is 0.0961. The van der Waals surface area contributed by atoms with Crippen LogP contribution >= 0.6 is 11.3 Å². The van der Waals surface area contributed by atoms with Gasteiger partial charge in [-0.15, -0.1) is 10.2 Å². The second kappa shape index (κ2) is 10.4. The number of hydrogen-bond donors (Lipinski definition) is 1. The first-order valence-electron chi connectivity index (χ1n) is 9.76. The average molecular weight is 469 g/mol. The van der Waals surface area contributed by atoms with Crippen LogP contribution in [0, 0.1) is 6.92 Å². The van der Waals surface area contributed by atoms with E-state index in [0.717, 1.165) is 11.1 Å². The lowest BCUT2D eigenvalue weighted by atomic mass is 10.2. The molecule has 0 unspecified atom stereocenters. The summed E-state index contributed by atoms with van der Waals surface area (Å²) in [5, 5.41) is 15.3. The molecule has 0 aliphatic heterocycles. The molecule has 172 valence electrons. The summed E-state index contributed by atoms with van der Waals surface area (Å²) in [4.78, 5) is 17.3. The summed E-state index contributed by atoms with van der Waals surface area (Å²) < 4.78 is 43.5. The molecule has 0 spiro atoms. The molecule has 0 aromatic carbocycles. The van der Waals surface area contributed by atoms with Gasteiger partial charge in [0.25, 0.3) is 0 Å². The maximum absolute atomic E-state index is 12.3. The zero-order chi connectivity index (χ0) is 23.1. The number of halogens is 3. The largest absolute Gasteiger partial charge is 0.468 e. The predicted octanol–water partition coefficient (Wildman–Crippen LogP) is 3.18. The van der Waals surface area contributed by atoms with Crippen LogP contribution in [0.15, 0.2) is 35.2 Å². The lowest BCUT2D eigenvalue weighted by Crippen LogP contribution is -2.35. The van der Waals surface area contributed by atoms with E-state index in [0.29, 0.717) is 38.0 Å². The van der Waals surface area contributed by atoms with E-state index < -0.39 is 12.8 Å². The van der Waals surface area contributed by atoms with Crippen LogP contribution in [0.5, 0.6) is 5.88 Å². The fourth-order valence-corrected chi connectivity index (χ4v) is 3.60. The van der Waals surface area contributed by atoms with Gasteiger partial charge in [-0.2, -0.15) is 24.5 Å². The standard InChI is InChI=1S/C20H23F3N6O2S/c1-14-26-27-19(28(7-6-24-15(2)30)10-17-5-8-32-12-17)29(14)11-16-3-4-18(25-9-16)31-13-20(21,22)23/h3-5,8-9,12H,6-7,10-11,13H2,1-2H3,(H,24,30). The van der Waals surface area contributed by atoms with Crippen LogP contribution < -0.4 is 15.0 Å². The second-order valence-corrected chi connectivity index (χ2v) is 7.86. The Labute approximate surface area is 187 Å². The quantitative estimate of drug-likeness (QED) is 0.492. The van der Waals surface area contributed by atoms with Crippen molar-refractivity contribution in [2.45, 2.75) is 33.1 Å². The number of aromatic nitrogens is 4. The number of nitrogens with one attached hydrogen (secondary N) is 1. The molecule has 3 aromatic rings. The molecule has 0 bridgehead atoms. The lowest BCUT2D eigenvalue weighted by molar-refractivity contribution is -0.154. The first-order chi connectivity index (χ1) is 15.2. The molecule has 0 atom stereocenters. The molecule has 8 nitrogen and oxygen atoms in total. The molecule has 1 N–H and O–H groups in total. The van der Waals surface area contributed by atoms with E-state index in [9.17, 15) is 18.0 Å². The fraction of sp³-hybridized carbons (Fsp3) is 0.400. The topological polar surface area (TPSA) is 85.2 Å². The van der Waals surface area contributed by atoms with Crippen molar-refractivity contribution in [2.24, 2.45) is 0 Å². The molecule has 3 heterocycles. The Morgan fingerprint density at radius 3 is 2.69 bits per heavy atom. The highest BCUT2D eigenvalue weighted by Gasteiger charge is 2.28. The van der Waals surface area contributed by atoms with Crippen molar-refractivity contribution in [1.82, 2.24) is 25.1 Å². The number of amides is 1. The van der Waals surface area contributed by atoms with Gasteiger partial charge in [-0.3, -0.25) is 9.36 Å². The minimum atomic E-state index is -4.42. The summed E-state index contributed by atoms with van der Waals surface area (Å²) in [5.41, 5.74) is 1.86. The normalized spacial score (nSPS) is 11.4. The van der Waals surface area contributed by atoms with Crippen molar-refractivity contribution < 1.29 is 22.7 Å². The van der Waals surface area contributed by atoms with Crippen LogP contribution in [-0.2, 0) is 17.9 Å². The fourth-order valence-electron chi connectivity index (χ4n) is 2.94. The van der Waals surface area contributed by atoms with Gasteiger partial charge in [0.05, 0.1) is 6.54 Å². The molecule has 0 saturated heterocycles. The molecule has 0 aliphatic rings. The zero-order valence-corrected chi connectivity index (χ0v) is 18.4. The first-order valence-corrected chi connectivity index (χ1v) is 10.7. The van der Waals surface area contributed by atoms with Gasteiger partial charge < -0.3 is 15.0 Å². The Bertz CT molecular complexity index is 1010. The van der Waals surface area contributed by atoms with Gasteiger partial charge in [0, 0.05) is 38.8 Å². The number of ether oxygens (including phenoxy) is 1. The third kappa shape index (κ3) is 6.94. The van der Waals surface area contributed by atoms with Gasteiger partial charge in [0.2, 0.25) is 17.7 Å². The highest BCUT2D eigenvalue weighted by Crippen LogP contribution is 2.21. The number of carbonyl (C=O) groups excluding carboxylic acids is 1. The van der Waals surface area contributed by atoms with E-state index in [-0.39, 0.29) is 11.8 Å². The van der Waals surface area contributed by atoms with E-state index in [4.69, 9.17) is 0 Å². The number of thiophene rings is 1. The van der Waals surface area contributed by atoms with E-state index in [1.54, 1.807) is 17.4 Å². The van der Waals surface area contributed by atoms with Gasteiger partial charge in [-0.25, -0.2) is 4.98 Å². The molecular formula is C20H23F3N6O2S. The van der Waals surface area contributed by atoms with Gasteiger partial charge in [0.1, 0.15) is 5.82 Å². The van der Waals surface area contributed by atoms with E-state index in [1.165, 1.54) is 19.2 Å². The van der Waals surface area contributed by atoms with Crippen LogP contribution in [0.4, 0.5) is 19.1 Å². The van der Waals surface area contributed by atoms with Gasteiger partial charge in [-0.1, -0.05) is 6.07 Å². The number of hydrogen-bond acceptors (Lipinski definition) is 7. The molecule has 32 heavy (non-hydrogen) atoms. The minimum Gasteiger partial charge on any atom is -0.468 e. The van der Waals surface area contributed by atoms with Crippen molar-refractivity contribution in [3.63, 3.8) is 0 Å². The molecule has 0 saturated carbocycles. The molecule has 0 fully saturated rings. The van der Waals surface area contributed by atoms with Gasteiger partial charge in [-0.05, 0) is 34.9 Å². The molecule has 1 amide bonds.